The molecule has 0 aliphatic rings. The van der Waals surface area contributed by atoms with Gasteiger partial charge in [-0.25, -0.2) is 4.98 Å². The first-order chi connectivity index (χ1) is 13.4. The number of fused-ring (bicyclic) bond motifs is 1. The Morgan fingerprint density at radius 1 is 1.18 bits per heavy atom. The van der Waals surface area contributed by atoms with Crippen molar-refractivity contribution in [3.8, 4) is 0 Å². The minimum atomic E-state index is -0.269. The lowest BCUT2D eigenvalue weighted by atomic mass is 10.1. The van der Waals surface area contributed by atoms with Gasteiger partial charge in [0.1, 0.15) is 5.82 Å². The fourth-order valence-electron chi connectivity index (χ4n) is 3.60. The standard InChI is InChI=1S/C22H32ClN3O2/c1-5-8-9-10-11-20(27)26(14-6-2)16(4)21-24-19-15-17(23)12-13-18(19)22(28)25(21)7-3/h12-13,15-16H,5-11,14H2,1-4H3. The monoisotopic (exact) mass is 405 g/mol. The molecule has 1 heterocycles. The zero-order valence-corrected chi connectivity index (χ0v) is 18.3. The van der Waals surface area contributed by atoms with Crippen LogP contribution in [0.4, 0.5) is 0 Å². The van der Waals surface area contributed by atoms with Gasteiger partial charge in [0.25, 0.3) is 5.56 Å². The Bertz CT molecular complexity index is 863. The maximum Gasteiger partial charge on any atom is 0.261 e. The van der Waals surface area contributed by atoms with Crippen molar-refractivity contribution < 1.29 is 4.79 Å². The van der Waals surface area contributed by atoms with E-state index in [9.17, 15) is 9.59 Å². The number of nitrogens with zero attached hydrogens (tertiary/aromatic N) is 3. The summed E-state index contributed by atoms with van der Waals surface area (Å²) in [4.78, 5) is 32.5. The molecule has 0 saturated carbocycles. The van der Waals surface area contributed by atoms with Crippen molar-refractivity contribution >= 4 is 28.4 Å². The average Bonchev–Trinajstić information content (AvgIpc) is 2.68. The summed E-state index contributed by atoms with van der Waals surface area (Å²) in [6.07, 6.45) is 5.68. The molecule has 0 N–H and O–H groups in total. The summed E-state index contributed by atoms with van der Waals surface area (Å²) in [5.41, 5.74) is 0.494. The van der Waals surface area contributed by atoms with E-state index >= 15 is 0 Å². The van der Waals surface area contributed by atoms with Gasteiger partial charge in [-0.05, 0) is 44.9 Å². The van der Waals surface area contributed by atoms with Crippen molar-refractivity contribution in [1.82, 2.24) is 14.5 Å². The van der Waals surface area contributed by atoms with Gasteiger partial charge in [0.15, 0.2) is 0 Å². The summed E-state index contributed by atoms with van der Waals surface area (Å²) < 4.78 is 1.67. The third kappa shape index (κ3) is 5.13. The molecule has 28 heavy (non-hydrogen) atoms. The molecule has 6 heteroatoms. The van der Waals surface area contributed by atoms with E-state index in [0.717, 1.165) is 32.1 Å². The number of hydrogen-bond acceptors (Lipinski definition) is 3. The molecule has 1 aromatic carbocycles. The predicted octanol–water partition coefficient (Wildman–Crippen LogP) is 5.34. The van der Waals surface area contributed by atoms with Gasteiger partial charge in [0, 0.05) is 24.5 Å². The molecule has 0 fully saturated rings. The number of hydrogen-bond donors (Lipinski definition) is 0. The van der Waals surface area contributed by atoms with Crippen molar-refractivity contribution in [2.24, 2.45) is 0 Å². The lowest BCUT2D eigenvalue weighted by molar-refractivity contribution is -0.133. The number of halogens is 1. The van der Waals surface area contributed by atoms with Gasteiger partial charge in [-0.15, -0.1) is 0 Å². The van der Waals surface area contributed by atoms with E-state index in [-0.39, 0.29) is 17.5 Å². The summed E-state index contributed by atoms with van der Waals surface area (Å²) in [7, 11) is 0. The van der Waals surface area contributed by atoms with Gasteiger partial charge in [0.2, 0.25) is 5.91 Å². The first-order valence-corrected chi connectivity index (χ1v) is 10.8. The van der Waals surface area contributed by atoms with Crippen LogP contribution in [0, 0.1) is 0 Å². The fraction of sp³-hybridized carbons (Fsp3) is 0.591. The normalized spacial score (nSPS) is 12.3. The van der Waals surface area contributed by atoms with Crippen LogP contribution in [0.1, 0.15) is 78.1 Å². The highest BCUT2D eigenvalue weighted by molar-refractivity contribution is 6.31. The Kier molecular flexibility index (Phi) is 8.49. The second kappa shape index (κ2) is 10.6. The van der Waals surface area contributed by atoms with Crippen LogP contribution in [0.15, 0.2) is 23.0 Å². The second-order valence-electron chi connectivity index (χ2n) is 7.25. The van der Waals surface area contributed by atoms with E-state index in [1.165, 1.54) is 0 Å². The molecule has 1 amide bonds. The topological polar surface area (TPSA) is 55.2 Å². The third-order valence-corrected chi connectivity index (χ3v) is 5.37. The van der Waals surface area contributed by atoms with Crippen LogP contribution in [0.2, 0.25) is 5.02 Å². The number of benzene rings is 1. The Morgan fingerprint density at radius 3 is 2.57 bits per heavy atom. The quantitative estimate of drug-likeness (QED) is 0.501. The van der Waals surface area contributed by atoms with Crippen LogP contribution in [0.3, 0.4) is 0 Å². The molecule has 1 unspecified atom stereocenters. The number of carbonyl (C=O) groups excluding carboxylic acids is 1. The highest BCUT2D eigenvalue weighted by Gasteiger charge is 2.25. The molecule has 2 rings (SSSR count). The fourth-order valence-corrected chi connectivity index (χ4v) is 3.76. The minimum absolute atomic E-state index is 0.0853. The summed E-state index contributed by atoms with van der Waals surface area (Å²) in [6.45, 7) is 9.27. The van der Waals surface area contributed by atoms with Crippen LogP contribution in [-0.2, 0) is 11.3 Å². The SMILES string of the molecule is CCCCCCC(=O)N(CCC)C(C)c1nc2cc(Cl)ccc2c(=O)n1CC. The molecule has 0 aliphatic heterocycles. The lowest BCUT2D eigenvalue weighted by Gasteiger charge is -2.30. The van der Waals surface area contributed by atoms with E-state index in [2.05, 4.69) is 13.8 Å². The van der Waals surface area contributed by atoms with Gasteiger partial charge >= 0.3 is 0 Å². The zero-order chi connectivity index (χ0) is 20.7. The molecule has 1 aromatic heterocycles. The van der Waals surface area contributed by atoms with Gasteiger partial charge in [-0.3, -0.25) is 14.2 Å². The smallest absolute Gasteiger partial charge is 0.261 e. The Balaban J connectivity index is 2.40. The van der Waals surface area contributed by atoms with Gasteiger partial charge in [-0.1, -0.05) is 44.7 Å². The van der Waals surface area contributed by atoms with Crippen LogP contribution < -0.4 is 5.56 Å². The number of amides is 1. The number of rotatable bonds is 10. The third-order valence-electron chi connectivity index (χ3n) is 5.13. The van der Waals surface area contributed by atoms with E-state index in [1.807, 2.05) is 18.7 Å². The van der Waals surface area contributed by atoms with Crippen molar-refractivity contribution in [3.63, 3.8) is 0 Å². The molecular weight excluding hydrogens is 374 g/mol. The molecule has 0 saturated heterocycles. The van der Waals surface area contributed by atoms with Gasteiger partial charge in [-0.2, -0.15) is 0 Å². The Morgan fingerprint density at radius 2 is 1.93 bits per heavy atom. The molecule has 0 bridgehead atoms. The van der Waals surface area contributed by atoms with E-state index in [1.54, 1.807) is 22.8 Å². The van der Waals surface area contributed by atoms with Crippen molar-refractivity contribution in [2.45, 2.75) is 78.8 Å². The average molecular weight is 406 g/mol. The Hall–Kier alpha value is -1.88. The summed E-state index contributed by atoms with van der Waals surface area (Å²) in [6, 6.07) is 4.87. The minimum Gasteiger partial charge on any atom is -0.333 e. The summed E-state index contributed by atoms with van der Waals surface area (Å²) in [5.74, 6) is 0.756. The Labute approximate surface area is 172 Å². The predicted molar refractivity (Wildman–Crippen MR) is 116 cm³/mol. The molecule has 2 aromatic rings. The van der Waals surface area contributed by atoms with E-state index in [4.69, 9.17) is 16.6 Å². The largest absolute Gasteiger partial charge is 0.333 e. The van der Waals surface area contributed by atoms with Gasteiger partial charge in [0.05, 0.1) is 16.9 Å². The number of unbranched alkanes of at least 4 members (excludes halogenated alkanes) is 3. The molecule has 0 aliphatic carbocycles. The molecule has 1 atom stereocenters. The first kappa shape index (κ1) is 22.4. The summed E-state index contributed by atoms with van der Waals surface area (Å²) in [5, 5.41) is 1.10. The highest BCUT2D eigenvalue weighted by Crippen LogP contribution is 2.23. The van der Waals surface area contributed by atoms with Crippen molar-refractivity contribution in [1.29, 1.82) is 0 Å². The molecule has 0 spiro atoms. The van der Waals surface area contributed by atoms with E-state index in [0.29, 0.717) is 41.3 Å². The van der Waals surface area contributed by atoms with Crippen LogP contribution in [-0.4, -0.2) is 26.9 Å². The van der Waals surface area contributed by atoms with Crippen LogP contribution in [0.25, 0.3) is 10.9 Å². The van der Waals surface area contributed by atoms with Crippen LogP contribution >= 0.6 is 11.6 Å². The summed E-state index contributed by atoms with van der Waals surface area (Å²) >= 11 is 6.11. The number of aromatic nitrogens is 2. The van der Waals surface area contributed by atoms with Crippen LogP contribution in [0.5, 0.6) is 0 Å². The van der Waals surface area contributed by atoms with Crippen molar-refractivity contribution in [3.05, 3.63) is 39.4 Å². The molecule has 5 nitrogen and oxygen atoms in total. The number of carbonyl (C=O) groups is 1. The molecule has 0 radical (unpaired) electrons. The maximum absolute atomic E-state index is 13.0. The first-order valence-electron chi connectivity index (χ1n) is 10.4. The molecular formula is C22H32ClN3O2. The maximum atomic E-state index is 13.0. The second-order valence-corrected chi connectivity index (χ2v) is 7.69. The zero-order valence-electron chi connectivity index (χ0n) is 17.5. The van der Waals surface area contributed by atoms with E-state index < -0.39 is 0 Å². The van der Waals surface area contributed by atoms with Crippen molar-refractivity contribution in [2.75, 3.05) is 6.54 Å². The molecule has 154 valence electrons. The lowest BCUT2D eigenvalue weighted by Crippen LogP contribution is -2.38. The van der Waals surface area contributed by atoms with Gasteiger partial charge < -0.3 is 4.90 Å². The highest BCUT2D eigenvalue weighted by atomic mass is 35.5.